The summed E-state index contributed by atoms with van der Waals surface area (Å²) >= 11 is 0. The molecule has 0 radical (unpaired) electrons. The normalized spacial score (nSPS) is 14.0. The van der Waals surface area contributed by atoms with E-state index in [-0.39, 0.29) is 11.8 Å². The average molecular weight is 369 g/mol. The molecule has 27 heavy (non-hydrogen) atoms. The fraction of sp³-hybridized carbons (Fsp3) is 0.350. The summed E-state index contributed by atoms with van der Waals surface area (Å²) in [6.07, 6.45) is 0. The summed E-state index contributed by atoms with van der Waals surface area (Å²) in [5, 5.41) is 0. The van der Waals surface area contributed by atoms with Crippen LogP contribution in [-0.2, 0) is 0 Å². The molecule has 7 heteroatoms. The van der Waals surface area contributed by atoms with Gasteiger partial charge in [0.15, 0.2) is 0 Å². The second kappa shape index (κ2) is 8.07. The number of methoxy groups -OCH3 is 2. The highest BCUT2D eigenvalue weighted by atomic mass is 16.5. The maximum atomic E-state index is 12.8. The molecule has 1 aliphatic heterocycles. The fourth-order valence-electron chi connectivity index (χ4n) is 3.05. The third kappa shape index (κ3) is 4.19. The van der Waals surface area contributed by atoms with Gasteiger partial charge in [0, 0.05) is 43.5 Å². The van der Waals surface area contributed by atoms with Crippen molar-refractivity contribution in [2.45, 2.75) is 6.92 Å². The number of ether oxygens (including phenoxy) is 2. The standard InChI is InChI=1S/C20H23N3O4/c1-14-5-4-6-18(21-14)20(25)23-9-7-22(8-10-23)19(24)15-11-16(26-2)13-17(12-15)27-3/h4-6,11-13H,7-10H2,1-3H3. The first kappa shape index (κ1) is 18.7. The van der Waals surface area contributed by atoms with Crippen molar-refractivity contribution in [2.24, 2.45) is 0 Å². The Kier molecular flexibility index (Phi) is 5.59. The van der Waals surface area contributed by atoms with Crippen LogP contribution in [0.4, 0.5) is 0 Å². The van der Waals surface area contributed by atoms with Gasteiger partial charge in [-0.25, -0.2) is 4.98 Å². The first-order chi connectivity index (χ1) is 13.0. The van der Waals surface area contributed by atoms with Crippen LogP contribution >= 0.6 is 0 Å². The molecular weight excluding hydrogens is 346 g/mol. The molecule has 0 atom stereocenters. The van der Waals surface area contributed by atoms with Crippen molar-refractivity contribution in [3.63, 3.8) is 0 Å². The predicted octanol–water partition coefficient (Wildman–Crippen LogP) is 2.01. The Bertz CT molecular complexity index is 823. The second-order valence-electron chi connectivity index (χ2n) is 6.35. The lowest BCUT2D eigenvalue weighted by Crippen LogP contribution is -2.50. The molecule has 0 bridgehead atoms. The van der Waals surface area contributed by atoms with E-state index in [1.54, 1.807) is 48.3 Å². The summed E-state index contributed by atoms with van der Waals surface area (Å²) in [4.78, 5) is 33.2. The summed E-state index contributed by atoms with van der Waals surface area (Å²) < 4.78 is 10.5. The molecule has 2 amide bonds. The van der Waals surface area contributed by atoms with Crippen LogP contribution in [0.3, 0.4) is 0 Å². The summed E-state index contributed by atoms with van der Waals surface area (Å²) in [6, 6.07) is 10.5. The number of piperazine rings is 1. The van der Waals surface area contributed by atoms with Crippen LogP contribution in [0.1, 0.15) is 26.5 Å². The quantitative estimate of drug-likeness (QED) is 0.824. The summed E-state index contributed by atoms with van der Waals surface area (Å²) in [5.41, 5.74) is 1.75. The van der Waals surface area contributed by atoms with E-state index in [0.29, 0.717) is 48.9 Å². The number of hydrogen-bond acceptors (Lipinski definition) is 5. The number of amides is 2. The van der Waals surface area contributed by atoms with Gasteiger partial charge in [-0.1, -0.05) is 6.07 Å². The molecule has 1 aromatic carbocycles. The van der Waals surface area contributed by atoms with Gasteiger partial charge in [0.2, 0.25) is 0 Å². The minimum absolute atomic E-state index is 0.103. The molecule has 0 aliphatic carbocycles. The summed E-state index contributed by atoms with van der Waals surface area (Å²) in [7, 11) is 3.10. The monoisotopic (exact) mass is 369 g/mol. The number of rotatable bonds is 4. The number of hydrogen-bond donors (Lipinski definition) is 0. The van der Waals surface area contributed by atoms with E-state index in [2.05, 4.69) is 4.98 Å². The smallest absolute Gasteiger partial charge is 0.272 e. The number of aromatic nitrogens is 1. The Balaban J connectivity index is 1.67. The third-order valence-corrected chi connectivity index (χ3v) is 4.56. The molecule has 1 aliphatic rings. The molecule has 142 valence electrons. The van der Waals surface area contributed by atoms with Gasteiger partial charge in [0.1, 0.15) is 17.2 Å². The maximum absolute atomic E-state index is 12.8. The second-order valence-corrected chi connectivity index (χ2v) is 6.35. The van der Waals surface area contributed by atoms with Gasteiger partial charge in [-0.2, -0.15) is 0 Å². The fourth-order valence-corrected chi connectivity index (χ4v) is 3.05. The summed E-state index contributed by atoms with van der Waals surface area (Å²) in [5.74, 6) is 0.927. The van der Waals surface area contributed by atoms with Crippen molar-refractivity contribution >= 4 is 11.8 Å². The van der Waals surface area contributed by atoms with E-state index < -0.39 is 0 Å². The Morgan fingerprint density at radius 1 is 0.889 bits per heavy atom. The zero-order valence-corrected chi connectivity index (χ0v) is 15.8. The molecule has 1 aromatic heterocycles. The van der Waals surface area contributed by atoms with Gasteiger partial charge >= 0.3 is 0 Å². The first-order valence-electron chi connectivity index (χ1n) is 8.77. The van der Waals surface area contributed by atoms with Crippen molar-refractivity contribution in [3.8, 4) is 11.5 Å². The van der Waals surface area contributed by atoms with Crippen LogP contribution < -0.4 is 9.47 Å². The lowest BCUT2D eigenvalue weighted by Gasteiger charge is -2.34. The summed E-state index contributed by atoms with van der Waals surface area (Å²) in [6.45, 7) is 3.74. The van der Waals surface area contributed by atoms with Gasteiger partial charge in [-0.05, 0) is 31.2 Å². The minimum atomic E-state index is -0.104. The van der Waals surface area contributed by atoms with Crippen LogP contribution in [-0.4, -0.2) is 67.0 Å². The van der Waals surface area contributed by atoms with Gasteiger partial charge < -0.3 is 19.3 Å². The Labute approximate surface area is 158 Å². The number of nitrogens with zero attached hydrogens (tertiary/aromatic N) is 3. The zero-order chi connectivity index (χ0) is 19.4. The minimum Gasteiger partial charge on any atom is -0.497 e. The maximum Gasteiger partial charge on any atom is 0.272 e. The molecule has 0 spiro atoms. The lowest BCUT2D eigenvalue weighted by atomic mass is 10.1. The van der Waals surface area contributed by atoms with E-state index in [4.69, 9.17) is 9.47 Å². The first-order valence-corrected chi connectivity index (χ1v) is 8.77. The topological polar surface area (TPSA) is 72.0 Å². The SMILES string of the molecule is COc1cc(OC)cc(C(=O)N2CCN(C(=O)c3cccc(C)n3)CC2)c1. The number of aryl methyl sites for hydroxylation is 1. The number of benzene rings is 1. The Morgan fingerprint density at radius 3 is 1.96 bits per heavy atom. The Hall–Kier alpha value is -3.09. The van der Waals surface area contributed by atoms with Crippen molar-refractivity contribution in [1.82, 2.24) is 14.8 Å². The van der Waals surface area contributed by atoms with Gasteiger partial charge in [0.25, 0.3) is 11.8 Å². The highest BCUT2D eigenvalue weighted by Crippen LogP contribution is 2.24. The lowest BCUT2D eigenvalue weighted by molar-refractivity contribution is 0.0532. The van der Waals surface area contributed by atoms with E-state index in [9.17, 15) is 9.59 Å². The molecule has 0 unspecified atom stereocenters. The molecule has 2 aromatic rings. The Morgan fingerprint density at radius 2 is 1.44 bits per heavy atom. The molecule has 2 heterocycles. The van der Waals surface area contributed by atoms with Crippen molar-refractivity contribution < 1.29 is 19.1 Å². The number of pyridine rings is 1. The molecular formula is C20H23N3O4. The number of carbonyl (C=O) groups excluding carboxylic acids is 2. The van der Waals surface area contributed by atoms with Gasteiger partial charge in [-0.3, -0.25) is 9.59 Å². The average Bonchev–Trinajstić information content (AvgIpc) is 2.72. The molecule has 0 saturated carbocycles. The van der Waals surface area contributed by atoms with Crippen LogP contribution in [0.15, 0.2) is 36.4 Å². The largest absolute Gasteiger partial charge is 0.497 e. The van der Waals surface area contributed by atoms with Crippen LogP contribution in [0, 0.1) is 6.92 Å². The van der Waals surface area contributed by atoms with Crippen LogP contribution in [0.5, 0.6) is 11.5 Å². The molecule has 1 saturated heterocycles. The zero-order valence-electron chi connectivity index (χ0n) is 15.8. The van der Waals surface area contributed by atoms with E-state index in [1.807, 2.05) is 19.1 Å². The van der Waals surface area contributed by atoms with E-state index in [0.717, 1.165) is 5.69 Å². The van der Waals surface area contributed by atoms with Gasteiger partial charge in [-0.15, -0.1) is 0 Å². The highest BCUT2D eigenvalue weighted by molar-refractivity contribution is 5.96. The number of carbonyl (C=O) groups is 2. The van der Waals surface area contributed by atoms with Crippen LogP contribution in [0.2, 0.25) is 0 Å². The highest BCUT2D eigenvalue weighted by Gasteiger charge is 2.26. The van der Waals surface area contributed by atoms with Gasteiger partial charge in [0.05, 0.1) is 14.2 Å². The molecule has 0 N–H and O–H groups in total. The molecule has 7 nitrogen and oxygen atoms in total. The van der Waals surface area contributed by atoms with E-state index in [1.165, 1.54) is 0 Å². The van der Waals surface area contributed by atoms with Crippen molar-refractivity contribution in [3.05, 3.63) is 53.3 Å². The van der Waals surface area contributed by atoms with Crippen molar-refractivity contribution in [1.29, 1.82) is 0 Å². The molecule has 1 fully saturated rings. The van der Waals surface area contributed by atoms with E-state index >= 15 is 0 Å². The van der Waals surface area contributed by atoms with Crippen molar-refractivity contribution in [2.75, 3.05) is 40.4 Å². The third-order valence-electron chi connectivity index (χ3n) is 4.56. The molecule has 3 rings (SSSR count). The predicted molar refractivity (Wildman–Crippen MR) is 100 cm³/mol. The van der Waals surface area contributed by atoms with Crippen LogP contribution in [0.25, 0.3) is 0 Å².